The van der Waals surface area contributed by atoms with Gasteiger partial charge in [-0.15, -0.1) is 0 Å². The first kappa shape index (κ1) is 23.2. The fourth-order valence-corrected chi connectivity index (χ4v) is 3.87. The largest absolute Gasteiger partial charge is 0.482 e. The number of nitrogens with zero attached hydrogens (tertiary/aromatic N) is 4. The lowest BCUT2D eigenvalue weighted by molar-refractivity contribution is -0.136. The molecule has 0 bridgehead atoms. The summed E-state index contributed by atoms with van der Waals surface area (Å²) in [5, 5.41) is 11.8. The molecule has 2 aliphatic rings. The van der Waals surface area contributed by atoms with E-state index >= 15 is 0 Å². The molecule has 0 saturated carbocycles. The van der Waals surface area contributed by atoms with Gasteiger partial charge in [-0.2, -0.15) is 5.10 Å². The van der Waals surface area contributed by atoms with Gasteiger partial charge in [0.25, 0.3) is 17.7 Å². The van der Waals surface area contributed by atoms with Crippen LogP contribution in [0.3, 0.4) is 0 Å². The van der Waals surface area contributed by atoms with Gasteiger partial charge in [0.2, 0.25) is 5.91 Å². The van der Waals surface area contributed by atoms with Crippen LogP contribution in [0.1, 0.15) is 39.9 Å². The molecule has 2 aliphatic heterocycles. The quantitative estimate of drug-likeness (QED) is 0.451. The van der Waals surface area contributed by atoms with E-state index in [9.17, 15) is 23.6 Å². The number of fused-ring (bicyclic) bond motifs is 2. The highest BCUT2D eigenvalue weighted by Gasteiger charge is 2.28. The van der Waals surface area contributed by atoms with Crippen molar-refractivity contribution in [2.45, 2.75) is 25.9 Å². The summed E-state index contributed by atoms with van der Waals surface area (Å²) < 4.78 is 20.6. The average molecular weight is 495 g/mol. The molecule has 4 amide bonds. The third kappa shape index (κ3) is 4.42. The second kappa shape index (κ2) is 9.24. The molecule has 1 fully saturated rings. The number of carbonyl (C=O) groups excluding carboxylic acids is 4. The minimum Gasteiger partial charge on any atom is -0.482 e. The van der Waals surface area contributed by atoms with Crippen LogP contribution in [-0.2, 0) is 16.1 Å². The monoisotopic (exact) mass is 495 g/mol. The Morgan fingerprint density at radius 3 is 2.78 bits per heavy atom. The highest BCUT2D eigenvalue weighted by molar-refractivity contribution is 6.00. The summed E-state index contributed by atoms with van der Waals surface area (Å²) in [6.07, 6.45) is 1.80. The number of rotatable bonds is 6. The lowest BCUT2D eigenvalue weighted by atomic mass is 10.1. The van der Waals surface area contributed by atoms with Gasteiger partial charge in [0.1, 0.15) is 23.2 Å². The van der Waals surface area contributed by atoms with E-state index in [0.29, 0.717) is 30.1 Å². The van der Waals surface area contributed by atoms with Crippen LogP contribution in [-0.4, -0.2) is 68.9 Å². The number of likely N-dealkylation sites (tertiary alicyclic amines) is 1. The highest BCUT2D eigenvalue weighted by atomic mass is 19.1. The molecule has 186 valence electrons. The van der Waals surface area contributed by atoms with Gasteiger partial charge in [0.15, 0.2) is 18.1 Å². The van der Waals surface area contributed by atoms with Crippen LogP contribution in [0.15, 0.2) is 30.5 Å². The summed E-state index contributed by atoms with van der Waals surface area (Å²) in [7, 11) is 0. The molecule has 0 spiro atoms. The van der Waals surface area contributed by atoms with Crippen molar-refractivity contribution in [1.82, 2.24) is 30.1 Å². The molecule has 5 rings (SSSR count). The topological polar surface area (TPSA) is 147 Å². The molecule has 3 N–H and O–H groups in total. The standard InChI is InChI=1S/C23H22FN7O5/c1-12(23(35)30-5-2-6-30)27-22(34)17-8-16(29-20-14(24)10-26-31(17)20)21(33)25-9-13-3-4-18-15(7-13)28-19(32)11-36-18/h3-4,7-8,10,12H,2,5-6,9,11H2,1H3,(H,25,33)(H,27,34)(H,28,32)/t12-/m0/s1. The lowest BCUT2D eigenvalue weighted by Gasteiger charge is -2.33. The van der Waals surface area contributed by atoms with Crippen molar-refractivity contribution in [2.75, 3.05) is 25.0 Å². The highest BCUT2D eigenvalue weighted by Crippen LogP contribution is 2.28. The van der Waals surface area contributed by atoms with E-state index in [0.717, 1.165) is 17.1 Å². The predicted octanol–water partition coefficient (Wildman–Crippen LogP) is 0.480. The molecule has 1 atom stereocenters. The Morgan fingerprint density at radius 1 is 1.22 bits per heavy atom. The zero-order valence-electron chi connectivity index (χ0n) is 19.2. The Kier molecular flexibility index (Phi) is 5.96. The minimum absolute atomic E-state index is 0.0660. The van der Waals surface area contributed by atoms with E-state index in [4.69, 9.17) is 4.74 Å². The van der Waals surface area contributed by atoms with E-state index in [-0.39, 0.29) is 42.0 Å². The van der Waals surface area contributed by atoms with Gasteiger partial charge < -0.3 is 25.6 Å². The molecule has 2 aromatic heterocycles. The first-order chi connectivity index (χ1) is 17.3. The Hall–Kier alpha value is -4.55. The molecule has 4 heterocycles. The summed E-state index contributed by atoms with van der Waals surface area (Å²) >= 11 is 0. The second-order valence-corrected chi connectivity index (χ2v) is 8.48. The summed E-state index contributed by atoms with van der Waals surface area (Å²) in [6, 6.07) is 5.43. The number of carbonyl (C=O) groups is 4. The van der Waals surface area contributed by atoms with Gasteiger partial charge in [-0.25, -0.2) is 13.9 Å². The fourth-order valence-electron chi connectivity index (χ4n) is 3.87. The van der Waals surface area contributed by atoms with E-state index in [1.807, 2.05) is 0 Å². The lowest BCUT2D eigenvalue weighted by Crippen LogP contribution is -2.52. The molecule has 1 aromatic carbocycles. The first-order valence-electron chi connectivity index (χ1n) is 11.3. The number of anilines is 1. The minimum atomic E-state index is -0.813. The van der Waals surface area contributed by atoms with Crippen molar-refractivity contribution >= 4 is 35.0 Å². The third-order valence-electron chi connectivity index (χ3n) is 5.91. The van der Waals surface area contributed by atoms with Gasteiger partial charge >= 0.3 is 0 Å². The van der Waals surface area contributed by atoms with Crippen LogP contribution in [0.2, 0.25) is 0 Å². The molecular formula is C23H22FN7O5. The maximum atomic E-state index is 14.3. The number of halogens is 1. The van der Waals surface area contributed by atoms with Gasteiger partial charge in [0.05, 0.1) is 11.9 Å². The number of hydrogen-bond donors (Lipinski definition) is 3. The normalized spacial score (nSPS) is 15.3. The van der Waals surface area contributed by atoms with Crippen LogP contribution in [0.25, 0.3) is 5.65 Å². The maximum absolute atomic E-state index is 14.3. The smallest absolute Gasteiger partial charge is 0.270 e. The molecule has 3 aromatic rings. The van der Waals surface area contributed by atoms with Crippen LogP contribution < -0.4 is 20.7 Å². The predicted molar refractivity (Wildman–Crippen MR) is 123 cm³/mol. The molecule has 1 saturated heterocycles. The van der Waals surface area contributed by atoms with Crippen LogP contribution >= 0.6 is 0 Å². The summed E-state index contributed by atoms with van der Waals surface area (Å²) in [5.41, 5.74) is 0.498. The molecule has 13 heteroatoms. The average Bonchev–Trinajstić information content (AvgIpc) is 3.21. The molecule has 0 radical (unpaired) electrons. The van der Waals surface area contributed by atoms with Gasteiger partial charge in [-0.3, -0.25) is 19.2 Å². The number of benzene rings is 1. The number of hydrogen-bond acceptors (Lipinski definition) is 7. The van der Waals surface area contributed by atoms with E-state index in [1.165, 1.54) is 6.07 Å². The zero-order chi connectivity index (χ0) is 25.4. The third-order valence-corrected chi connectivity index (χ3v) is 5.91. The Balaban J connectivity index is 1.34. The van der Waals surface area contributed by atoms with Crippen LogP contribution in [0, 0.1) is 5.82 Å². The molecule has 12 nitrogen and oxygen atoms in total. The Labute approximate surface area is 203 Å². The Bertz CT molecular complexity index is 1400. The van der Waals surface area contributed by atoms with E-state index in [1.54, 1.807) is 30.0 Å². The summed E-state index contributed by atoms with van der Waals surface area (Å²) in [5.74, 6) is -2.16. The zero-order valence-corrected chi connectivity index (χ0v) is 19.2. The van der Waals surface area contributed by atoms with Crippen molar-refractivity contribution in [3.63, 3.8) is 0 Å². The second-order valence-electron chi connectivity index (χ2n) is 8.48. The number of amides is 4. The van der Waals surface area contributed by atoms with E-state index < -0.39 is 23.7 Å². The van der Waals surface area contributed by atoms with Crippen molar-refractivity contribution in [3.05, 3.63) is 53.2 Å². The van der Waals surface area contributed by atoms with Crippen LogP contribution in [0.5, 0.6) is 5.75 Å². The SMILES string of the molecule is C[C@H](NC(=O)c1cc(C(=O)NCc2ccc3c(c2)NC(=O)CO3)nc2c(F)cnn12)C(=O)N1CCC1. The van der Waals surface area contributed by atoms with Crippen LogP contribution in [0.4, 0.5) is 10.1 Å². The van der Waals surface area contributed by atoms with Crippen molar-refractivity contribution < 1.29 is 28.3 Å². The van der Waals surface area contributed by atoms with Gasteiger partial charge in [-0.1, -0.05) is 6.07 Å². The number of ether oxygens (including phenoxy) is 1. The van der Waals surface area contributed by atoms with Crippen molar-refractivity contribution in [2.24, 2.45) is 0 Å². The number of aromatic nitrogens is 3. The van der Waals surface area contributed by atoms with Crippen molar-refractivity contribution in [1.29, 1.82) is 0 Å². The Morgan fingerprint density at radius 2 is 2.03 bits per heavy atom. The summed E-state index contributed by atoms with van der Waals surface area (Å²) in [4.78, 5) is 55.4. The fraction of sp³-hybridized carbons (Fsp3) is 0.304. The first-order valence-corrected chi connectivity index (χ1v) is 11.3. The molecule has 0 unspecified atom stereocenters. The molecular weight excluding hydrogens is 473 g/mol. The van der Waals surface area contributed by atoms with Gasteiger partial charge in [-0.05, 0) is 31.0 Å². The summed E-state index contributed by atoms with van der Waals surface area (Å²) in [6.45, 7) is 2.83. The van der Waals surface area contributed by atoms with Gasteiger partial charge in [0, 0.05) is 25.7 Å². The number of nitrogens with one attached hydrogen (secondary N) is 3. The van der Waals surface area contributed by atoms with Crippen molar-refractivity contribution in [3.8, 4) is 5.75 Å². The van der Waals surface area contributed by atoms with E-state index in [2.05, 4.69) is 26.0 Å². The molecule has 0 aliphatic carbocycles. The molecule has 36 heavy (non-hydrogen) atoms. The maximum Gasteiger partial charge on any atom is 0.270 e.